The van der Waals surface area contributed by atoms with Gasteiger partial charge in [0.25, 0.3) is 0 Å². The van der Waals surface area contributed by atoms with Crippen molar-refractivity contribution in [3.05, 3.63) is 35.4 Å². The van der Waals surface area contributed by atoms with Gasteiger partial charge in [0.1, 0.15) is 12.2 Å². The van der Waals surface area contributed by atoms with Crippen LogP contribution in [-0.2, 0) is 14.3 Å². The van der Waals surface area contributed by atoms with Gasteiger partial charge >= 0.3 is 17.9 Å². The molecule has 1 aliphatic heterocycles. The molecule has 6 heteroatoms. The molecule has 1 aromatic carbocycles. The smallest absolute Gasteiger partial charge is 0.339 e. The van der Waals surface area contributed by atoms with Crippen LogP contribution < -0.4 is 0 Å². The van der Waals surface area contributed by atoms with Gasteiger partial charge in [-0.2, -0.15) is 0 Å². The van der Waals surface area contributed by atoms with E-state index in [1.54, 1.807) is 18.2 Å². The van der Waals surface area contributed by atoms with Gasteiger partial charge in [0.05, 0.1) is 16.5 Å². The van der Waals surface area contributed by atoms with Crippen LogP contribution in [-0.4, -0.2) is 35.2 Å². The van der Waals surface area contributed by atoms with E-state index in [2.05, 4.69) is 48.5 Å². The Kier molecular flexibility index (Phi) is 6.43. The third kappa shape index (κ3) is 3.69. The van der Waals surface area contributed by atoms with E-state index in [-0.39, 0.29) is 61.8 Å². The van der Waals surface area contributed by atoms with Crippen LogP contribution in [0.2, 0.25) is 0 Å². The van der Waals surface area contributed by atoms with Gasteiger partial charge in [-0.25, -0.2) is 9.59 Å². The summed E-state index contributed by atoms with van der Waals surface area (Å²) in [5.74, 6) is 0.269. The fourth-order valence-electron chi connectivity index (χ4n) is 13.1. The number of benzene rings is 1. The Labute approximate surface area is 263 Å². The number of carbonyl (C=O) groups is 3. The molecular weight excluding hydrogens is 552 g/mol. The number of hydrogen-bond donors (Lipinski definition) is 1. The van der Waals surface area contributed by atoms with Gasteiger partial charge in [-0.3, -0.25) is 4.79 Å². The van der Waals surface area contributed by atoms with E-state index in [1.165, 1.54) is 18.9 Å². The van der Waals surface area contributed by atoms with Crippen LogP contribution in [0.4, 0.5) is 0 Å². The second-order valence-electron chi connectivity index (χ2n) is 17.8. The Hall–Kier alpha value is -2.37. The van der Waals surface area contributed by atoms with Gasteiger partial charge < -0.3 is 14.6 Å². The Bertz CT molecular complexity index is 1410. The molecule has 44 heavy (non-hydrogen) atoms. The number of rotatable bonds is 3. The first-order valence-electron chi connectivity index (χ1n) is 17.3. The van der Waals surface area contributed by atoms with Crippen LogP contribution in [0.1, 0.15) is 133 Å². The van der Waals surface area contributed by atoms with Crippen molar-refractivity contribution in [1.29, 1.82) is 0 Å². The summed E-state index contributed by atoms with van der Waals surface area (Å²) in [4.78, 5) is 38.7. The van der Waals surface area contributed by atoms with Crippen LogP contribution in [0.25, 0.3) is 0 Å². The first-order chi connectivity index (χ1) is 20.5. The number of carbonyl (C=O) groups excluding carboxylic acids is 2. The van der Waals surface area contributed by atoms with Gasteiger partial charge in [0, 0.05) is 16.7 Å². The number of fused-ring (bicyclic) bond motifs is 5. The maximum Gasteiger partial charge on any atom is 0.339 e. The third-order valence-electron chi connectivity index (χ3n) is 15.6. The lowest BCUT2D eigenvalue weighted by molar-refractivity contribution is -0.252. The van der Waals surface area contributed by atoms with Crippen molar-refractivity contribution in [2.24, 2.45) is 56.2 Å². The van der Waals surface area contributed by atoms with Crippen molar-refractivity contribution in [3.8, 4) is 0 Å². The molecule has 1 saturated heterocycles. The third-order valence-corrected chi connectivity index (χ3v) is 15.6. The summed E-state index contributed by atoms with van der Waals surface area (Å²) in [6.45, 7) is 16.9. The predicted molar refractivity (Wildman–Crippen MR) is 167 cm³/mol. The number of carboxylic acids is 1. The van der Waals surface area contributed by atoms with Crippen molar-refractivity contribution in [2.45, 2.75) is 125 Å². The molecule has 10 atom stereocenters. The normalized spacial score (nSPS) is 46.4. The molecule has 7 rings (SSSR count). The molecule has 7 unspecified atom stereocenters. The van der Waals surface area contributed by atoms with Crippen molar-refractivity contribution in [3.63, 3.8) is 0 Å². The molecule has 0 amide bonds. The summed E-state index contributed by atoms with van der Waals surface area (Å²) in [6.07, 6.45) is 10.3. The Balaban J connectivity index is 1.17. The molecule has 6 aliphatic rings. The van der Waals surface area contributed by atoms with E-state index >= 15 is 0 Å². The van der Waals surface area contributed by atoms with Gasteiger partial charge in [0.2, 0.25) is 0 Å². The fourth-order valence-corrected chi connectivity index (χ4v) is 13.1. The fraction of sp³-hybridized carbons (Fsp3) is 0.763. The first-order valence-corrected chi connectivity index (χ1v) is 17.3. The molecule has 0 aromatic heterocycles. The summed E-state index contributed by atoms with van der Waals surface area (Å²) in [7, 11) is 0. The molecule has 0 spiro atoms. The summed E-state index contributed by atoms with van der Waals surface area (Å²) >= 11 is 0. The summed E-state index contributed by atoms with van der Waals surface area (Å²) in [5, 5.41) is 9.65. The minimum absolute atomic E-state index is 0.00876. The SMILES string of the molecule is CC1(C)CCC23CC[C@]4(C)C(CCC5[C@@]6(C)CCC(OC(=O)c7ccccc7C(=O)O)C(C)(C)C6CC[C@]54C)C2C1OC3=O. The van der Waals surface area contributed by atoms with Gasteiger partial charge in [-0.05, 0) is 110 Å². The molecule has 5 aliphatic carbocycles. The molecule has 5 saturated carbocycles. The largest absolute Gasteiger partial charge is 0.478 e. The highest BCUT2D eigenvalue weighted by Gasteiger charge is 2.75. The predicted octanol–water partition coefficient (Wildman–Crippen LogP) is 8.33. The van der Waals surface area contributed by atoms with Crippen LogP contribution in [0.5, 0.6) is 0 Å². The maximum absolute atomic E-state index is 13.5. The number of hydrogen-bond acceptors (Lipinski definition) is 5. The van der Waals surface area contributed by atoms with Crippen LogP contribution >= 0.6 is 0 Å². The molecule has 6 nitrogen and oxygen atoms in total. The van der Waals surface area contributed by atoms with E-state index in [0.29, 0.717) is 23.7 Å². The van der Waals surface area contributed by atoms with Crippen molar-refractivity contribution in [1.82, 2.24) is 0 Å². The van der Waals surface area contributed by atoms with Crippen LogP contribution in [0, 0.1) is 56.2 Å². The van der Waals surface area contributed by atoms with Crippen molar-refractivity contribution >= 4 is 17.9 Å². The Morgan fingerprint density at radius 1 is 0.795 bits per heavy atom. The van der Waals surface area contributed by atoms with Gasteiger partial charge in [-0.15, -0.1) is 0 Å². The molecule has 0 radical (unpaired) electrons. The first kappa shape index (κ1) is 30.3. The molecule has 240 valence electrons. The minimum atomic E-state index is -1.11. The number of esters is 2. The highest BCUT2D eigenvalue weighted by atomic mass is 16.6. The van der Waals surface area contributed by atoms with Crippen LogP contribution in [0.3, 0.4) is 0 Å². The molecule has 1 N–H and O–H groups in total. The molecule has 1 aromatic rings. The highest BCUT2D eigenvalue weighted by molar-refractivity contribution is 6.02. The summed E-state index contributed by atoms with van der Waals surface area (Å²) in [5.41, 5.74) is 0.109. The van der Waals surface area contributed by atoms with Crippen LogP contribution in [0.15, 0.2) is 24.3 Å². The zero-order valence-corrected chi connectivity index (χ0v) is 27.8. The molecular formula is C38H52O6. The topological polar surface area (TPSA) is 89.9 Å². The lowest BCUT2D eigenvalue weighted by Crippen LogP contribution is -2.68. The van der Waals surface area contributed by atoms with Gasteiger partial charge in [0.15, 0.2) is 0 Å². The van der Waals surface area contributed by atoms with Gasteiger partial charge in [-0.1, -0.05) is 60.6 Å². The quantitative estimate of drug-likeness (QED) is 0.349. The highest BCUT2D eigenvalue weighted by Crippen LogP contribution is 2.78. The van der Waals surface area contributed by atoms with E-state index < -0.39 is 11.9 Å². The standard InChI is InChI=1S/C38H52O6/c1-33(2)18-20-38-21-19-36(6)24(28(38)29(33)44-32(38)42)12-13-26-35(5)16-15-27(34(3,4)25(35)14-17-37(26,36)7)43-31(41)23-11-9-8-10-22(23)30(39)40/h8-11,24-29H,12-21H2,1-7H3,(H,39,40)/t24?,25?,26?,27?,28?,29?,35-,36+,37+,38?/m0/s1. The Morgan fingerprint density at radius 3 is 2.18 bits per heavy atom. The lowest BCUT2D eigenvalue weighted by atomic mass is 9.31. The van der Waals surface area contributed by atoms with E-state index in [9.17, 15) is 19.5 Å². The summed E-state index contributed by atoms with van der Waals surface area (Å²) in [6, 6.07) is 6.36. The van der Waals surface area contributed by atoms with E-state index in [4.69, 9.17) is 9.47 Å². The van der Waals surface area contributed by atoms with E-state index in [1.807, 2.05) is 0 Å². The number of aromatic carboxylic acids is 1. The van der Waals surface area contributed by atoms with Crippen molar-refractivity contribution < 1.29 is 29.0 Å². The average molecular weight is 605 g/mol. The van der Waals surface area contributed by atoms with E-state index in [0.717, 1.165) is 51.4 Å². The number of ether oxygens (including phenoxy) is 2. The van der Waals surface area contributed by atoms with Crippen molar-refractivity contribution in [2.75, 3.05) is 0 Å². The average Bonchev–Trinajstić information content (AvgIpc) is 3.22. The monoisotopic (exact) mass is 604 g/mol. The summed E-state index contributed by atoms with van der Waals surface area (Å²) < 4.78 is 12.5. The molecule has 1 heterocycles. The maximum atomic E-state index is 13.5. The Morgan fingerprint density at radius 2 is 1.48 bits per heavy atom. The second kappa shape index (κ2) is 9.35. The zero-order valence-electron chi connectivity index (χ0n) is 27.8. The zero-order chi connectivity index (χ0) is 31.7. The lowest BCUT2D eigenvalue weighted by Gasteiger charge is -2.73. The number of carboxylic acid groups (broad SMARTS) is 1. The second-order valence-corrected chi connectivity index (χ2v) is 17.8. The molecule has 2 bridgehead atoms. The minimum Gasteiger partial charge on any atom is -0.478 e. The molecule has 6 fully saturated rings.